The molecular formula is C8H11N3O3S. The second-order valence-corrected chi connectivity index (χ2v) is 3.58. The first kappa shape index (κ1) is 11.4. The Hall–Kier alpha value is -1.63. The average molecular weight is 229 g/mol. The number of rotatable bonds is 4. The van der Waals surface area contributed by atoms with E-state index in [1.54, 1.807) is 7.05 Å². The van der Waals surface area contributed by atoms with E-state index < -0.39 is 5.97 Å². The van der Waals surface area contributed by atoms with Gasteiger partial charge >= 0.3 is 5.97 Å². The van der Waals surface area contributed by atoms with Gasteiger partial charge in [0.2, 0.25) is 5.91 Å². The SMILES string of the molecule is CNC(=O)CNc1ncc(C(=O)OC)s1. The monoisotopic (exact) mass is 229 g/mol. The number of hydrogen-bond donors (Lipinski definition) is 2. The second kappa shape index (κ2) is 5.30. The zero-order chi connectivity index (χ0) is 11.3. The molecule has 1 heterocycles. The summed E-state index contributed by atoms with van der Waals surface area (Å²) in [5.74, 6) is -0.578. The lowest BCUT2D eigenvalue weighted by Gasteiger charge is -1.99. The number of methoxy groups -OCH3 is 1. The normalized spacial score (nSPS) is 9.47. The number of anilines is 1. The molecule has 15 heavy (non-hydrogen) atoms. The van der Waals surface area contributed by atoms with Gasteiger partial charge in [-0.25, -0.2) is 9.78 Å². The smallest absolute Gasteiger partial charge is 0.349 e. The van der Waals surface area contributed by atoms with Gasteiger partial charge in [0.1, 0.15) is 4.88 Å². The molecule has 0 bridgehead atoms. The molecule has 0 spiro atoms. The van der Waals surface area contributed by atoms with Crippen LogP contribution >= 0.6 is 11.3 Å². The van der Waals surface area contributed by atoms with Gasteiger partial charge in [0.15, 0.2) is 5.13 Å². The fraction of sp³-hybridized carbons (Fsp3) is 0.375. The van der Waals surface area contributed by atoms with Crippen molar-refractivity contribution >= 4 is 28.3 Å². The Morgan fingerprint density at radius 1 is 1.60 bits per heavy atom. The minimum Gasteiger partial charge on any atom is -0.465 e. The number of nitrogens with one attached hydrogen (secondary N) is 2. The summed E-state index contributed by atoms with van der Waals surface area (Å²) in [7, 11) is 2.85. The maximum absolute atomic E-state index is 11.1. The summed E-state index contributed by atoms with van der Waals surface area (Å²) in [5, 5.41) is 5.75. The van der Waals surface area contributed by atoms with Crippen molar-refractivity contribution < 1.29 is 14.3 Å². The van der Waals surface area contributed by atoms with Crippen LogP contribution in [0.15, 0.2) is 6.20 Å². The summed E-state index contributed by atoms with van der Waals surface area (Å²) in [5.41, 5.74) is 0. The van der Waals surface area contributed by atoms with E-state index in [2.05, 4.69) is 20.4 Å². The van der Waals surface area contributed by atoms with Crippen LogP contribution in [0.25, 0.3) is 0 Å². The van der Waals surface area contributed by atoms with Gasteiger partial charge in [0.25, 0.3) is 0 Å². The molecule has 1 aromatic heterocycles. The fourth-order valence-corrected chi connectivity index (χ4v) is 1.53. The summed E-state index contributed by atoms with van der Waals surface area (Å²) in [6, 6.07) is 0. The minimum absolute atomic E-state index is 0.130. The van der Waals surface area contributed by atoms with Crippen LogP contribution in [0, 0.1) is 0 Å². The van der Waals surface area contributed by atoms with Gasteiger partial charge < -0.3 is 15.4 Å². The molecule has 82 valence electrons. The Morgan fingerprint density at radius 2 is 2.33 bits per heavy atom. The zero-order valence-corrected chi connectivity index (χ0v) is 9.18. The molecule has 0 fully saturated rings. The number of amides is 1. The van der Waals surface area contributed by atoms with E-state index in [1.165, 1.54) is 13.3 Å². The number of carbonyl (C=O) groups is 2. The predicted molar refractivity (Wildman–Crippen MR) is 56.0 cm³/mol. The standard InChI is InChI=1S/C8H11N3O3S/c1-9-6(12)4-11-8-10-3-5(15-8)7(13)14-2/h3H,4H2,1-2H3,(H,9,12)(H,10,11). The molecule has 2 N–H and O–H groups in total. The molecule has 7 heteroatoms. The van der Waals surface area contributed by atoms with Crippen LogP contribution in [-0.4, -0.2) is 37.6 Å². The van der Waals surface area contributed by atoms with E-state index in [-0.39, 0.29) is 12.5 Å². The Labute approximate surface area is 90.7 Å². The van der Waals surface area contributed by atoms with Crippen LogP contribution < -0.4 is 10.6 Å². The van der Waals surface area contributed by atoms with Gasteiger partial charge in [0.05, 0.1) is 19.9 Å². The third-order valence-corrected chi connectivity index (χ3v) is 2.51. The molecule has 0 radical (unpaired) electrons. The van der Waals surface area contributed by atoms with Crippen molar-refractivity contribution in [3.8, 4) is 0 Å². The van der Waals surface area contributed by atoms with Gasteiger partial charge in [-0.1, -0.05) is 11.3 Å². The molecule has 0 atom stereocenters. The highest BCUT2D eigenvalue weighted by Crippen LogP contribution is 2.18. The number of thiazole rings is 1. The molecule has 1 rings (SSSR count). The number of nitrogens with zero attached hydrogens (tertiary/aromatic N) is 1. The van der Waals surface area contributed by atoms with Crippen molar-refractivity contribution in [2.75, 3.05) is 26.0 Å². The number of carbonyl (C=O) groups excluding carboxylic acids is 2. The van der Waals surface area contributed by atoms with E-state index >= 15 is 0 Å². The Balaban J connectivity index is 2.53. The van der Waals surface area contributed by atoms with Gasteiger partial charge in [0, 0.05) is 7.05 Å². The van der Waals surface area contributed by atoms with Crippen LogP contribution in [0.2, 0.25) is 0 Å². The van der Waals surface area contributed by atoms with Gasteiger partial charge in [-0.15, -0.1) is 0 Å². The lowest BCUT2D eigenvalue weighted by molar-refractivity contribution is -0.118. The fourth-order valence-electron chi connectivity index (χ4n) is 0.795. The van der Waals surface area contributed by atoms with Crippen molar-refractivity contribution in [2.45, 2.75) is 0 Å². The highest BCUT2D eigenvalue weighted by Gasteiger charge is 2.10. The molecule has 0 saturated heterocycles. The molecule has 1 amide bonds. The third-order valence-electron chi connectivity index (χ3n) is 1.57. The molecular weight excluding hydrogens is 218 g/mol. The number of likely N-dealkylation sites (N-methyl/N-ethyl adjacent to an activating group) is 1. The maximum atomic E-state index is 11.1. The predicted octanol–water partition coefficient (Wildman–Crippen LogP) is 0.0876. The van der Waals surface area contributed by atoms with Gasteiger partial charge in [-0.2, -0.15) is 0 Å². The summed E-state index contributed by atoms with van der Waals surface area (Å²) < 4.78 is 4.52. The first-order valence-corrected chi connectivity index (χ1v) is 4.97. The zero-order valence-electron chi connectivity index (χ0n) is 8.36. The quantitative estimate of drug-likeness (QED) is 0.715. The molecule has 1 aromatic rings. The highest BCUT2D eigenvalue weighted by molar-refractivity contribution is 7.17. The van der Waals surface area contributed by atoms with Crippen LogP contribution in [0.4, 0.5) is 5.13 Å². The largest absolute Gasteiger partial charge is 0.465 e. The summed E-state index contributed by atoms with van der Waals surface area (Å²) in [6.45, 7) is 0.130. The van der Waals surface area contributed by atoms with E-state index in [9.17, 15) is 9.59 Å². The number of aromatic nitrogens is 1. The molecule has 0 aliphatic carbocycles. The molecule has 0 unspecified atom stereocenters. The Kier molecular flexibility index (Phi) is 4.04. The van der Waals surface area contributed by atoms with Crippen LogP contribution in [0.3, 0.4) is 0 Å². The first-order chi connectivity index (χ1) is 7.17. The summed E-state index contributed by atoms with van der Waals surface area (Å²) in [4.78, 5) is 26.3. The van der Waals surface area contributed by atoms with E-state index in [1.807, 2.05) is 0 Å². The molecule has 0 aromatic carbocycles. The number of hydrogen-bond acceptors (Lipinski definition) is 6. The van der Waals surface area contributed by atoms with Crippen molar-refractivity contribution in [2.24, 2.45) is 0 Å². The van der Waals surface area contributed by atoms with Gasteiger partial charge in [-0.05, 0) is 0 Å². The highest BCUT2D eigenvalue weighted by atomic mass is 32.1. The summed E-state index contributed by atoms with van der Waals surface area (Å²) >= 11 is 1.14. The Bertz CT molecular complexity index is 364. The topological polar surface area (TPSA) is 80.3 Å². The van der Waals surface area contributed by atoms with Crippen LogP contribution in [0.1, 0.15) is 9.67 Å². The lowest BCUT2D eigenvalue weighted by atomic mass is 10.6. The van der Waals surface area contributed by atoms with Crippen molar-refractivity contribution in [3.63, 3.8) is 0 Å². The molecule has 6 nitrogen and oxygen atoms in total. The van der Waals surface area contributed by atoms with E-state index in [0.717, 1.165) is 11.3 Å². The summed E-state index contributed by atoms with van der Waals surface area (Å²) in [6.07, 6.45) is 1.41. The molecule has 0 aliphatic rings. The van der Waals surface area contributed by atoms with Crippen molar-refractivity contribution in [3.05, 3.63) is 11.1 Å². The lowest BCUT2D eigenvalue weighted by Crippen LogP contribution is -2.26. The van der Waals surface area contributed by atoms with Crippen molar-refractivity contribution in [1.29, 1.82) is 0 Å². The minimum atomic E-state index is -0.430. The number of ether oxygens (including phenoxy) is 1. The van der Waals surface area contributed by atoms with E-state index in [4.69, 9.17) is 0 Å². The number of esters is 1. The van der Waals surface area contributed by atoms with Crippen LogP contribution in [-0.2, 0) is 9.53 Å². The Morgan fingerprint density at radius 3 is 2.93 bits per heavy atom. The van der Waals surface area contributed by atoms with Crippen molar-refractivity contribution in [1.82, 2.24) is 10.3 Å². The molecule has 0 saturated carbocycles. The van der Waals surface area contributed by atoms with Crippen LogP contribution in [0.5, 0.6) is 0 Å². The van der Waals surface area contributed by atoms with E-state index in [0.29, 0.717) is 10.0 Å². The average Bonchev–Trinajstić information content (AvgIpc) is 2.73. The second-order valence-electron chi connectivity index (χ2n) is 2.55. The molecule has 0 aliphatic heterocycles. The first-order valence-electron chi connectivity index (χ1n) is 4.16. The van der Waals surface area contributed by atoms with Gasteiger partial charge in [-0.3, -0.25) is 4.79 Å². The maximum Gasteiger partial charge on any atom is 0.349 e. The third kappa shape index (κ3) is 3.21.